The Balaban J connectivity index is 1.69. The molecule has 2 rings (SSSR count). The second kappa shape index (κ2) is 7.26. The van der Waals surface area contributed by atoms with Crippen molar-refractivity contribution in [3.63, 3.8) is 0 Å². The van der Waals surface area contributed by atoms with E-state index in [2.05, 4.69) is 5.32 Å². The maximum absolute atomic E-state index is 12.9. The Labute approximate surface area is 125 Å². The first-order valence-corrected chi connectivity index (χ1v) is 7.28. The van der Waals surface area contributed by atoms with Crippen LogP contribution in [0.1, 0.15) is 11.3 Å². The SMILES string of the molecule is O=C(CCOc1ccc(F)c(Cl)c1)NCc1cccs1. The van der Waals surface area contributed by atoms with Crippen LogP contribution in [-0.2, 0) is 11.3 Å². The van der Waals surface area contributed by atoms with Crippen molar-refractivity contribution in [1.29, 1.82) is 0 Å². The van der Waals surface area contributed by atoms with Crippen LogP contribution in [-0.4, -0.2) is 12.5 Å². The average molecular weight is 314 g/mol. The van der Waals surface area contributed by atoms with Crippen LogP contribution >= 0.6 is 22.9 Å². The molecule has 106 valence electrons. The number of benzene rings is 1. The van der Waals surface area contributed by atoms with Gasteiger partial charge in [0.05, 0.1) is 24.6 Å². The number of rotatable bonds is 6. The standard InChI is InChI=1S/C14H13ClFNO2S/c15-12-8-10(3-4-13(12)16)19-6-5-14(18)17-9-11-2-1-7-20-11/h1-4,7-8H,5-6,9H2,(H,17,18). The lowest BCUT2D eigenvalue weighted by Gasteiger charge is -2.07. The van der Waals surface area contributed by atoms with Crippen LogP contribution in [0, 0.1) is 5.82 Å². The molecule has 1 amide bonds. The van der Waals surface area contributed by atoms with Crippen LogP contribution in [0.25, 0.3) is 0 Å². The molecule has 0 radical (unpaired) electrons. The van der Waals surface area contributed by atoms with E-state index in [1.165, 1.54) is 18.2 Å². The highest BCUT2D eigenvalue weighted by atomic mass is 35.5. The number of ether oxygens (including phenoxy) is 1. The van der Waals surface area contributed by atoms with Gasteiger partial charge in [0.15, 0.2) is 0 Å². The summed E-state index contributed by atoms with van der Waals surface area (Å²) in [7, 11) is 0. The summed E-state index contributed by atoms with van der Waals surface area (Å²) in [5.41, 5.74) is 0. The van der Waals surface area contributed by atoms with E-state index in [0.717, 1.165) is 4.88 Å². The summed E-state index contributed by atoms with van der Waals surface area (Å²) in [6, 6.07) is 8.00. The highest BCUT2D eigenvalue weighted by Crippen LogP contribution is 2.21. The lowest BCUT2D eigenvalue weighted by atomic mass is 10.3. The zero-order valence-corrected chi connectivity index (χ0v) is 12.1. The van der Waals surface area contributed by atoms with Crippen LogP contribution < -0.4 is 10.1 Å². The molecule has 0 bridgehead atoms. The van der Waals surface area contributed by atoms with Gasteiger partial charge in [0, 0.05) is 10.9 Å². The molecule has 6 heteroatoms. The second-order valence-corrected chi connectivity index (χ2v) is 5.47. The summed E-state index contributed by atoms with van der Waals surface area (Å²) in [5, 5.41) is 4.76. The number of carbonyl (C=O) groups excluding carboxylic acids is 1. The predicted molar refractivity (Wildman–Crippen MR) is 77.7 cm³/mol. The van der Waals surface area contributed by atoms with Crippen molar-refractivity contribution in [3.8, 4) is 5.75 Å². The van der Waals surface area contributed by atoms with Crippen molar-refractivity contribution in [2.75, 3.05) is 6.61 Å². The maximum atomic E-state index is 12.9. The maximum Gasteiger partial charge on any atom is 0.223 e. The van der Waals surface area contributed by atoms with Crippen molar-refractivity contribution < 1.29 is 13.9 Å². The summed E-state index contributed by atoms with van der Waals surface area (Å²) in [6.45, 7) is 0.747. The van der Waals surface area contributed by atoms with Gasteiger partial charge in [-0.2, -0.15) is 0 Å². The second-order valence-electron chi connectivity index (χ2n) is 4.03. The van der Waals surface area contributed by atoms with E-state index in [0.29, 0.717) is 12.3 Å². The van der Waals surface area contributed by atoms with Gasteiger partial charge in [-0.25, -0.2) is 4.39 Å². The molecular formula is C14H13ClFNO2S. The van der Waals surface area contributed by atoms with Crippen molar-refractivity contribution in [2.24, 2.45) is 0 Å². The van der Waals surface area contributed by atoms with Gasteiger partial charge >= 0.3 is 0 Å². The Morgan fingerprint density at radius 1 is 1.40 bits per heavy atom. The monoisotopic (exact) mass is 313 g/mol. The molecule has 0 aliphatic rings. The van der Waals surface area contributed by atoms with Gasteiger partial charge in [-0.3, -0.25) is 4.79 Å². The van der Waals surface area contributed by atoms with E-state index < -0.39 is 5.82 Å². The van der Waals surface area contributed by atoms with Gasteiger partial charge in [-0.1, -0.05) is 17.7 Å². The molecule has 0 saturated carbocycles. The van der Waals surface area contributed by atoms with Gasteiger partial charge in [0.2, 0.25) is 5.91 Å². The van der Waals surface area contributed by atoms with Crippen LogP contribution in [0.4, 0.5) is 4.39 Å². The Morgan fingerprint density at radius 2 is 2.25 bits per heavy atom. The number of amides is 1. The first-order chi connectivity index (χ1) is 9.65. The minimum absolute atomic E-state index is 0.00430. The molecule has 3 nitrogen and oxygen atoms in total. The third-order valence-electron chi connectivity index (χ3n) is 2.53. The zero-order chi connectivity index (χ0) is 14.4. The normalized spacial score (nSPS) is 10.3. The fourth-order valence-electron chi connectivity index (χ4n) is 1.52. The van der Waals surface area contributed by atoms with Gasteiger partial charge in [-0.05, 0) is 23.6 Å². The molecule has 2 aromatic rings. The zero-order valence-electron chi connectivity index (χ0n) is 10.6. The Kier molecular flexibility index (Phi) is 5.38. The van der Waals surface area contributed by atoms with Crippen molar-refractivity contribution in [3.05, 3.63) is 51.4 Å². The Morgan fingerprint density at radius 3 is 2.95 bits per heavy atom. The predicted octanol–water partition coefficient (Wildman–Crippen LogP) is 3.63. The molecule has 0 unspecified atom stereocenters. The fourth-order valence-corrected chi connectivity index (χ4v) is 2.33. The van der Waals surface area contributed by atoms with Crippen LogP contribution in [0.2, 0.25) is 5.02 Å². The highest BCUT2D eigenvalue weighted by Gasteiger charge is 2.04. The summed E-state index contributed by atoms with van der Waals surface area (Å²) >= 11 is 7.22. The average Bonchev–Trinajstić information content (AvgIpc) is 2.94. The van der Waals surface area contributed by atoms with E-state index in [4.69, 9.17) is 16.3 Å². The molecule has 0 atom stereocenters. The molecule has 1 aromatic heterocycles. The number of nitrogens with one attached hydrogen (secondary N) is 1. The summed E-state index contributed by atoms with van der Waals surface area (Å²) in [4.78, 5) is 12.7. The molecular weight excluding hydrogens is 301 g/mol. The quantitative estimate of drug-likeness (QED) is 0.884. The summed E-state index contributed by atoms with van der Waals surface area (Å²) in [5.74, 6) is -0.137. The molecule has 1 heterocycles. The number of carbonyl (C=O) groups is 1. The van der Waals surface area contributed by atoms with Gasteiger partial charge in [0.25, 0.3) is 0 Å². The van der Waals surface area contributed by atoms with Crippen molar-refractivity contribution in [2.45, 2.75) is 13.0 Å². The van der Waals surface area contributed by atoms with Crippen LogP contribution in [0.15, 0.2) is 35.7 Å². The number of thiophene rings is 1. The summed E-state index contributed by atoms with van der Waals surface area (Å²) in [6.07, 6.45) is 0.236. The van der Waals surface area contributed by atoms with Gasteiger partial charge < -0.3 is 10.1 Å². The van der Waals surface area contributed by atoms with Gasteiger partial charge in [-0.15, -0.1) is 11.3 Å². The minimum atomic E-state index is -0.493. The Hall–Kier alpha value is -1.59. The molecule has 0 fully saturated rings. The molecule has 0 saturated heterocycles. The number of hydrogen-bond donors (Lipinski definition) is 1. The van der Waals surface area contributed by atoms with E-state index >= 15 is 0 Å². The van der Waals surface area contributed by atoms with E-state index in [1.54, 1.807) is 11.3 Å². The van der Waals surface area contributed by atoms with E-state index in [-0.39, 0.29) is 24.0 Å². The molecule has 1 N–H and O–H groups in total. The molecule has 0 spiro atoms. The molecule has 20 heavy (non-hydrogen) atoms. The highest BCUT2D eigenvalue weighted by molar-refractivity contribution is 7.09. The topological polar surface area (TPSA) is 38.3 Å². The molecule has 0 aliphatic carbocycles. The lowest BCUT2D eigenvalue weighted by molar-refractivity contribution is -0.121. The summed E-state index contributed by atoms with van der Waals surface area (Å²) < 4.78 is 18.3. The molecule has 0 aliphatic heterocycles. The van der Waals surface area contributed by atoms with E-state index in [9.17, 15) is 9.18 Å². The van der Waals surface area contributed by atoms with Gasteiger partial charge in [0.1, 0.15) is 11.6 Å². The van der Waals surface area contributed by atoms with Crippen LogP contribution in [0.5, 0.6) is 5.75 Å². The first kappa shape index (κ1) is 14.8. The van der Waals surface area contributed by atoms with Crippen molar-refractivity contribution >= 4 is 28.8 Å². The Bertz CT molecular complexity index is 575. The van der Waals surface area contributed by atoms with E-state index in [1.807, 2.05) is 17.5 Å². The number of hydrogen-bond acceptors (Lipinski definition) is 3. The van der Waals surface area contributed by atoms with Crippen molar-refractivity contribution in [1.82, 2.24) is 5.32 Å². The number of halogens is 2. The smallest absolute Gasteiger partial charge is 0.223 e. The fraction of sp³-hybridized carbons (Fsp3) is 0.214. The lowest BCUT2D eigenvalue weighted by Crippen LogP contribution is -2.23. The minimum Gasteiger partial charge on any atom is -0.493 e. The van der Waals surface area contributed by atoms with Crippen LogP contribution in [0.3, 0.4) is 0 Å². The molecule has 1 aromatic carbocycles. The third kappa shape index (κ3) is 4.51. The first-order valence-electron chi connectivity index (χ1n) is 6.02. The third-order valence-corrected chi connectivity index (χ3v) is 3.69. The largest absolute Gasteiger partial charge is 0.493 e.